The van der Waals surface area contributed by atoms with Crippen LogP contribution in [0.15, 0.2) is 24.4 Å². The average molecular weight is 250 g/mol. The summed E-state index contributed by atoms with van der Waals surface area (Å²) in [5, 5.41) is 0. The van der Waals surface area contributed by atoms with Gasteiger partial charge in [0, 0.05) is 52.6 Å². The molecule has 1 atom stereocenters. The van der Waals surface area contributed by atoms with E-state index in [1.807, 2.05) is 18.3 Å². The summed E-state index contributed by atoms with van der Waals surface area (Å²) in [6, 6.07) is 6.04. The van der Waals surface area contributed by atoms with Gasteiger partial charge in [-0.3, -0.25) is 4.90 Å². The van der Waals surface area contributed by atoms with Gasteiger partial charge in [0.15, 0.2) is 0 Å². The fourth-order valence-corrected chi connectivity index (χ4v) is 2.23. The highest BCUT2D eigenvalue weighted by Crippen LogP contribution is 2.12. The molecule has 1 unspecified atom stereocenters. The molecule has 0 bridgehead atoms. The monoisotopic (exact) mass is 250 g/mol. The number of pyridine rings is 1. The van der Waals surface area contributed by atoms with Crippen molar-refractivity contribution in [2.24, 2.45) is 5.73 Å². The zero-order chi connectivity index (χ0) is 12.8. The van der Waals surface area contributed by atoms with Crippen LogP contribution in [0.3, 0.4) is 0 Å². The van der Waals surface area contributed by atoms with Crippen LogP contribution in [0.5, 0.6) is 0 Å². The molecule has 1 aliphatic rings. The third kappa shape index (κ3) is 3.41. The number of rotatable bonds is 5. The van der Waals surface area contributed by atoms with Crippen molar-refractivity contribution in [1.82, 2.24) is 9.88 Å². The number of methoxy groups -OCH3 is 1. The standard InChI is InChI=1S/C13H22N4O/c1-18-12(10-14)11-16-6-8-17(9-7-16)13-4-2-3-5-15-13/h2-5,12H,6-11,14H2,1H3. The molecule has 1 aromatic rings. The minimum atomic E-state index is 0.145. The first kappa shape index (κ1) is 13.3. The number of aromatic nitrogens is 1. The van der Waals surface area contributed by atoms with Crippen LogP contribution >= 0.6 is 0 Å². The van der Waals surface area contributed by atoms with Gasteiger partial charge in [-0.15, -0.1) is 0 Å². The van der Waals surface area contributed by atoms with Crippen molar-refractivity contribution in [3.63, 3.8) is 0 Å². The van der Waals surface area contributed by atoms with Gasteiger partial charge in [-0.1, -0.05) is 6.07 Å². The topological polar surface area (TPSA) is 54.6 Å². The van der Waals surface area contributed by atoms with Gasteiger partial charge in [-0.25, -0.2) is 4.98 Å². The highest BCUT2D eigenvalue weighted by molar-refractivity contribution is 5.38. The summed E-state index contributed by atoms with van der Waals surface area (Å²) < 4.78 is 5.32. The Balaban J connectivity index is 1.81. The van der Waals surface area contributed by atoms with E-state index in [2.05, 4.69) is 20.9 Å². The maximum absolute atomic E-state index is 5.65. The lowest BCUT2D eigenvalue weighted by atomic mass is 10.2. The number of ether oxygens (including phenoxy) is 1. The number of piperazine rings is 1. The van der Waals surface area contributed by atoms with E-state index < -0.39 is 0 Å². The lowest BCUT2D eigenvalue weighted by Gasteiger charge is -2.36. The second kappa shape index (κ2) is 6.68. The molecule has 2 N–H and O–H groups in total. The maximum Gasteiger partial charge on any atom is 0.128 e. The molecule has 100 valence electrons. The van der Waals surface area contributed by atoms with E-state index in [1.165, 1.54) is 0 Å². The van der Waals surface area contributed by atoms with E-state index in [-0.39, 0.29) is 6.10 Å². The highest BCUT2D eigenvalue weighted by atomic mass is 16.5. The number of nitrogens with zero attached hydrogens (tertiary/aromatic N) is 3. The van der Waals surface area contributed by atoms with Crippen LogP contribution in [0.4, 0.5) is 5.82 Å². The van der Waals surface area contributed by atoms with Crippen molar-refractivity contribution in [3.05, 3.63) is 24.4 Å². The molecule has 2 rings (SSSR count). The Bertz CT molecular complexity index is 334. The number of hydrogen-bond acceptors (Lipinski definition) is 5. The van der Waals surface area contributed by atoms with Crippen molar-refractivity contribution < 1.29 is 4.74 Å². The Kier molecular flexibility index (Phi) is 4.92. The Morgan fingerprint density at radius 2 is 2.11 bits per heavy atom. The van der Waals surface area contributed by atoms with E-state index in [4.69, 9.17) is 10.5 Å². The molecular formula is C13H22N4O. The zero-order valence-electron chi connectivity index (χ0n) is 11.0. The fraction of sp³-hybridized carbons (Fsp3) is 0.615. The fourth-order valence-electron chi connectivity index (χ4n) is 2.23. The van der Waals surface area contributed by atoms with Crippen LogP contribution < -0.4 is 10.6 Å². The van der Waals surface area contributed by atoms with Crippen molar-refractivity contribution in [2.75, 3.05) is 51.3 Å². The van der Waals surface area contributed by atoms with Crippen molar-refractivity contribution >= 4 is 5.82 Å². The second-order valence-corrected chi connectivity index (χ2v) is 4.57. The molecule has 0 aliphatic carbocycles. The number of anilines is 1. The molecule has 0 saturated carbocycles. The first-order chi connectivity index (χ1) is 8.83. The summed E-state index contributed by atoms with van der Waals surface area (Å²) in [5.74, 6) is 1.07. The van der Waals surface area contributed by atoms with Crippen LogP contribution in [0, 0.1) is 0 Å². The predicted octanol–water partition coefficient (Wildman–Crippen LogP) is 0.177. The second-order valence-electron chi connectivity index (χ2n) is 4.57. The highest BCUT2D eigenvalue weighted by Gasteiger charge is 2.19. The molecule has 5 heteroatoms. The lowest BCUT2D eigenvalue weighted by Crippen LogP contribution is -2.50. The molecule has 1 fully saturated rings. The van der Waals surface area contributed by atoms with Gasteiger partial charge >= 0.3 is 0 Å². The van der Waals surface area contributed by atoms with Crippen molar-refractivity contribution in [2.45, 2.75) is 6.10 Å². The summed E-state index contributed by atoms with van der Waals surface area (Å²) in [6.07, 6.45) is 1.99. The molecule has 0 spiro atoms. The van der Waals surface area contributed by atoms with Gasteiger partial charge in [-0.2, -0.15) is 0 Å². The van der Waals surface area contributed by atoms with Crippen LogP contribution in [0.25, 0.3) is 0 Å². The first-order valence-electron chi connectivity index (χ1n) is 6.44. The maximum atomic E-state index is 5.65. The smallest absolute Gasteiger partial charge is 0.128 e. The Morgan fingerprint density at radius 1 is 1.33 bits per heavy atom. The Morgan fingerprint density at radius 3 is 2.67 bits per heavy atom. The average Bonchev–Trinajstić information content (AvgIpc) is 2.46. The third-order valence-corrected chi connectivity index (χ3v) is 3.40. The van der Waals surface area contributed by atoms with Crippen molar-refractivity contribution in [1.29, 1.82) is 0 Å². The Hall–Kier alpha value is -1.17. The summed E-state index contributed by atoms with van der Waals surface area (Å²) in [7, 11) is 1.72. The van der Waals surface area contributed by atoms with E-state index in [0.717, 1.165) is 38.5 Å². The Labute approximate surface area is 109 Å². The summed E-state index contributed by atoms with van der Waals surface area (Å²) in [5.41, 5.74) is 5.65. The van der Waals surface area contributed by atoms with E-state index in [1.54, 1.807) is 7.11 Å². The van der Waals surface area contributed by atoms with E-state index in [0.29, 0.717) is 6.54 Å². The molecule has 0 aromatic carbocycles. The van der Waals surface area contributed by atoms with Crippen LogP contribution in [0.1, 0.15) is 0 Å². The van der Waals surface area contributed by atoms with Gasteiger partial charge in [0.25, 0.3) is 0 Å². The van der Waals surface area contributed by atoms with Gasteiger partial charge in [-0.05, 0) is 12.1 Å². The minimum absolute atomic E-state index is 0.145. The number of nitrogens with two attached hydrogens (primary N) is 1. The van der Waals surface area contributed by atoms with Gasteiger partial charge in [0.1, 0.15) is 5.82 Å². The van der Waals surface area contributed by atoms with Crippen LogP contribution in [-0.2, 0) is 4.74 Å². The van der Waals surface area contributed by atoms with Crippen LogP contribution in [-0.4, -0.2) is 62.4 Å². The summed E-state index contributed by atoms with van der Waals surface area (Å²) >= 11 is 0. The van der Waals surface area contributed by atoms with Gasteiger partial charge in [0.05, 0.1) is 6.10 Å². The number of hydrogen-bond donors (Lipinski definition) is 1. The quantitative estimate of drug-likeness (QED) is 0.808. The molecule has 1 aromatic heterocycles. The molecular weight excluding hydrogens is 228 g/mol. The molecule has 0 radical (unpaired) electrons. The normalized spacial score (nSPS) is 18.9. The predicted molar refractivity (Wildman–Crippen MR) is 72.7 cm³/mol. The largest absolute Gasteiger partial charge is 0.379 e. The molecule has 18 heavy (non-hydrogen) atoms. The van der Waals surface area contributed by atoms with Crippen LogP contribution in [0.2, 0.25) is 0 Å². The summed E-state index contributed by atoms with van der Waals surface area (Å²) in [4.78, 5) is 9.11. The third-order valence-electron chi connectivity index (χ3n) is 3.40. The summed E-state index contributed by atoms with van der Waals surface area (Å²) in [6.45, 7) is 5.60. The molecule has 0 amide bonds. The zero-order valence-corrected chi connectivity index (χ0v) is 11.0. The molecule has 1 saturated heterocycles. The molecule has 5 nitrogen and oxygen atoms in total. The van der Waals surface area contributed by atoms with E-state index in [9.17, 15) is 0 Å². The first-order valence-corrected chi connectivity index (χ1v) is 6.44. The SMILES string of the molecule is COC(CN)CN1CCN(c2ccccn2)CC1. The lowest BCUT2D eigenvalue weighted by molar-refractivity contribution is 0.0679. The van der Waals surface area contributed by atoms with Gasteiger partial charge < -0.3 is 15.4 Å². The van der Waals surface area contributed by atoms with E-state index >= 15 is 0 Å². The molecule has 2 heterocycles. The van der Waals surface area contributed by atoms with Crippen molar-refractivity contribution in [3.8, 4) is 0 Å². The molecule has 1 aliphatic heterocycles. The van der Waals surface area contributed by atoms with Gasteiger partial charge in [0.2, 0.25) is 0 Å². The minimum Gasteiger partial charge on any atom is -0.379 e.